The summed E-state index contributed by atoms with van der Waals surface area (Å²) in [6.45, 7) is 1.18. The summed E-state index contributed by atoms with van der Waals surface area (Å²) in [4.78, 5) is 11.7. The smallest absolute Gasteiger partial charge is 0.251 e. The first-order valence-corrected chi connectivity index (χ1v) is 8.11. The maximum absolute atomic E-state index is 12.7. The van der Waals surface area contributed by atoms with Gasteiger partial charge in [0, 0.05) is 25.2 Å². The minimum absolute atomic E-state index is 0.0506. The summed E-state index contributed by atoms with van der Waals surface area (Å²) in [6, 6.07) is 5.10. The van der Waals surface area contributed by atoms with Crippen LogP contribution in [0.1, 0.15) is 23.2 Å². The number of rotatable bonds is 5. The number of carbonyl (C=O) groups is 1. The van der Waals surface area contributed by atoms with Crippen molar-refractivity contribution in [1.82, 2.24) is 9.62 Å². The van der Waals surface area contributed by atoms with Gasteiger partial charge < -0.3 is 5.32 Å². The van der Waals surface area contributed by atoms with Gasteiger partial charge in [0.25, 0.3) is 5.91 Å². The lowest BCUT2D eigenvalue weighted by Crippen LogP contribution is -2.36. The van der Waals surface area contributed by atoms with Gasteiger partial charge >= 0.3 is 0 Å². The molecule has 0 aliphatic carbocycles. The number of hydrogen-bond acceptors (Lipinski definition) is 3. The van der Waals surface area contributed by atoms with E-state index < -0.39 is 21.7 Å². The Hall–Kier alpha value is -1.47. The molecule has 0 bridgehead atoms. The first-order valence-electron chi connectivity index (χ1n) is 6.51. The topological polar surface area (TPSA) is 66.5 Å². The van der Waals surface area contributed by atoms with Crippen LogP contribution in [0.3, 0.4) is 0 Å². The van der Waals surface area contributed by atoms with E-state index in [4.69, 9.17) is 0 Å². The van der Waals surface area contributed by atoms with E-state index in [9.17, 15) is 17.6 Å². The molecule has 7 heteroatoms. The Bertz CT molecular complexity index is 566. The van der Waals surface area contributed by atoms with Gasteiger partial charge in [-0.3, -0.25) is 4.79 Å². The second-order valence-corrected chi connectivity index (χ2v) is 6.77. The second-order valence-electron chi connectivity index (χ2n) is 4.68. The first kappa shape index (κ1) is 14.9. The standard InChI is InChI=1S/C13H17FN2O3S/c14-12-5-3-11(4-6-12)13(17)15-7-10-20(18,19)16-8-1-2-9-16/h3-6H,1-2,7-10H2,(H,15,17). The van der Waals surface area contributed by atoms with E-state index in [1.165, 1.54) is 28.6 Å². The van der Waals surface area contributed by atoms with Gasteiger partial charge in [-0.15, -0.1) is 0 Å². The Morgan fingerprint density at radius 2 is 1.80 bits per heavy atom. The molecule has 1 aromatic carbocycles. The number of carbonyl (C=O) groups excluding carboxylic acids is 1. The van der Waals surface area contributed by atoms with Crippen LogP contribution in [0.15, 0.2) is 24.3 Å². The number of sulfonamides is 1. The largest absolute Gasteiger partial charge is 0.351 e. The van der Waals surface area contributed by atoms with Gasteiger partial charge in [-0.05, 0) is 37.1 Å². The zero-order valence-electron chi connectivity index (χ0n) is 11.0. The summed E-state index contributed by atoms with van der Waals surface area (Å²) >= 11 is 0. The lowest BCUT2D eigenvalue weighted by atomic mass is 10.2. The molecule has 0 unspecified atom stereocenters. The monoisotopic (exact) mass is 300 g/mol. The Kier molecular flexibility index (Phi) is 4.72. The van der Waals surface area contributed by atoms with Crippen molar-refractivity contribution in [3.05, 3.63) is 35.6 Å². The predicted octanol–water partition coefficient (Wildman–Crippen LogP) is 0.981. The molecule has 1 amide bonds. The lowest BCUT2D eigenvalue weighted by Gasteiger charge is -2.15. The molecular weight excluding hydrogens is 283 g/mol. The fourth-order valence-electron chi connectivity index (χ4n) is 2.09. The number of hydrogen-bond donors (Lipinski definition) is 1. The normalized spacial score (nSPS) is 16.2. The second kappa shape index (κ2) is 6.32. The number of amides is 1. The molecule has 1 saturated heterocycles. The minimum atomic E-state index is -3.29. The third-order valence-corrected chi connectivity index (χ3v) is 5.08. The molecule has 20 heavy (non-hydrogen) atoms. The van der Waals surface area contributed by atoms with Gasteiger partial charge in [0.1, 0.15) is 5.82 Å². The predicted molar refractivity (Wildman–Crippen MR) is 73.3 cm³/mol. The highest BCUT2D eigenvalue weighted by atomic mass is 32.2. The molecule has 1 heterocycles. The number of benzene rings is 1. The van der Waals surface area contributed by atoms with Crippen molar-refractivity contribution < 1.29 is 17.6 Å². The molecular formula is C13H17FN2O3S. The van der Waals surface area contributed by atoms with Crippen LogP contribution in [0.2, 0.25) is 0 Å². The number of halogens is 1. The SMILES string of the molecule is O=C(NCCS(=O)(=O)N1CCCC1)c1ccc(F)cc1. The van der Waals surface area contributed by atoms with Crippen molar-refractivity contribution in [2.45, 2.75) is 12.8 Å². The average molecular weight is 300 g/mol. The average Bonchev–Trinajstić information content (AvgIpc) is 2.94. The molecule has 5 nitrogen and oxygen atoms in total. The van der Waals surface area contributed by atoms with Crippen molar-refractivity contribution in [2.24, 2.45) is 0 Å². The fraction of sp³-hybridized carbons (Fsp3) is 0.462. The van der Waals surface area contributed by atoms with Crippen LogP contribution in [0.25, 0.3) is 0 Å². The summed E-state index contributed by atoms with van der Waals surface area (Å²) in [5, 5.41) is 2.53. The molecule has 2 rings (SSSR count). The van der Waals surface area contributed by atoms with Crippen molar-refractivity contribution >= 4 is 15.9 Å². The molecule has 0 atom stereocenters. The van der Waals surface area contributed by atoms with E-state index in [0.29, 0.717) is 18.7 Å². The van der Waals surface area contributed by atoms with Crippen LogP contribution >= 0.6 is 0 Å². The van der Waals surface area contributed by atoms with Crippen molar-refractivity contribution in [1.29, 1.82) is 0 Å². The third kappa shape index (κ3) is 3.77. The molecule has 1 N–H and O–H groups in total. The van der Waals surface area contributed by atoms with Gasteiger partial charge in [0.05, 0.1) is 5.75 Å². The molecule has 1 aromatic rings. The van der Waals surface area contributed by atoms with E-state index in [2.05, 4.69) is 5.32 Å². The molecule has 0 spiro atoms. The van der Waals surface area contributed by atoms with Crippen LogP contribution in [-0.2, 0) is 10.0 Å². The Morgan fingerprint density at radius 3 is 2.40 bits per heavy atom. The molecule has 110 valence electrons. The summed E-state index contributed by atoms with van der Waals surface area (Å²) in [7, 11) is -3.29. The quantitative estimate of drug-likeness (QED) is 0.881. The zero-order valence-corrected chi connectivity index (χ0v) is 11.8. The van der Waals surface area contributed by atoms with Crippen molar-refractivity contribution in [2.75, 3.05) is 25.4 Å². The molecule has 1 aliphatic rings. The van der Waals surface area contributed by atoms with Crippen LogP contribution < -0.4 is 5.32 Å². The number of nitrogens with one attached hydrogen (secondary N) is 1. The van der Waals surface area contributed by atoms with E-state index in [1.54, 1.807) is 0 Å². The molecule has 0 radical (unpaired) electrons. The van der Waals surface area contributed by atoms with Crippen LogP contribution in [0, 0.1) is 5.82 Å². The third-order valence-electron chi connectivity index (χ3n) is 3.21. The van der Waals surface area contributed by atoms with Gasteiger partial charge in [0.2, 0.25) is 10.0 Å². The van der Waals surface area contributed by atoms with E-state index in [-0.39, 0.29) is 12.3 Å². The molecule has 1 aliphatic heterocycles. The number of nitrogens with zero attached hydrogens (tertiary/aromatic N) is 1. The van der Waals surface area contributed by atoms with Crippen LogP contribution in [0.5, 0.6) is 0 Å². The summed E-state index contributed by atoms with van der Waals surface area (Å²) < 4.78 is 38.0. The van der Waals surface area contributed by atoms with Crippen molar-refractivity contribution in [3.63, 3.8) is 0 Å². The summed E-state index contributed by atoms with van der Waals surface area (Å²) in [5.74, 6) is -0.931. The molecule has 0 aromatic heterocycles. The Morgan fingerprint density at radius 1 is 1.20 bits per heavy atom. The fourth-order valence-corrected chi connectivity index (χ4v) is 3.53. The van der Waals surface area contributed by atoms with Crippen LogP contribution in [0.4, 0.5) is 4.39 Å². The Labute approximate surface area is 117 Å². The summed E-state index contributed by atoms with van der Waals surface area (Å²) in [5.41, 5.74) is 0.310. The zero-order chi connectivity index (χ0) is 14.6. The highest BCUT2D eigenvalue weighted by molar-refractivity contribution is 7.89. The van der Waals surface area contributed by atoms with E-state index in [0.717, 1.165) is 12.8 Å². The maximum atomic E-state index is 12.7. The van der Waals surface area contributed by atoms with Gasteiger partial charge in [0.15, 0.2) is 0 Å². The van der Waals surface area contributed by atoms with Crippen LogP contribution in [-0.4, -0.2) is 44.0 Å². The van der Waals surface area contributed by atoms with Crippen molar-refractivity contribution in [3.8, 4) is 0 Å². The minimum Gasteiger partial charge on any atom is -0.351 e. The van der Waals surface area contributed by atoms with Gasteiger partial charge in [-0.2, -0.15) is 0 Å². The first-order chi connectivity index (χ1) is 9.49. The lowest BCUT2D eigenvalue weighted by molar-refractivity contribution is 0.0956. The molecule has 0 saturated carbocycles. The maximum Gasteiger partial charge on any atom is 0.251 e. The highest BCUT2D eigenvalue weighted by Crippen LogP contribution is 2.12. The summed E-state index contributed by atoms with van der Waals surface area (Å²) in [6.07, 6.45) is 1.78. The van der Waals surface area contributed by atoms with Gasteiger partial charge in [-0.25, -0.2) is 17.1 Å². The Balaban J connectivity index is 1.83. The van der Waals surface area contributed by atoms with E-state index >= 15 is 0 Å². The molecule has 1 fully saturated rings. The highest BCUT2D eigenvalue weighted by Gasteiger charge is 2.24. The van der Waals surface area contributed by atoms with Gasteiger partial charge in [-0.1, -0.05) is 0 Å². The van der Waals surface area contributed by atoms with E-state index in [1.807, 2.05) is 0 Å².